The molecule has 2 aliphatic heterocycles. The molecule has 0 spiro atoms. The van der Waals surface area contributed by atoms with Gasteiger partial charge in [-0.05, 0) is 25.2 Å². The molecular formula is C18H30Cl3FN4O2. The molecule has 2 aliphatic rings. The number of hydrogen-bond donors (Lipinski definition) is 0. The SMILES string of the molecule is CN1CCN(CCOC(=O)N2CCN(c3cccc(F)c3)CC2)CC1.Cl.Cl.Cl. The molecule has 0 radical (unpaired) electrons. The quantitative estimate of drug-likeness (QED) is 0.692. The summed E-state index contributed by atoms with van der Waals surface area (Å²) < 4.78 is 18.7. The number of piperazine rings is 2. The largest absolute Gasteiger partial charge is 0.448 e. The first-order valence-corrected chi connectivity index (χ1v) is 8.95. The van der Waals surface area contributed by atoms with E-state index in [4.69, 9.17) is 4.74 Å². The molecule has 1 aromatic rings. The van der Waals surface area contributed by atoms with Gasteiger partial charge in [-0.3, -0.25) is 4.90 Å². The fourth-order valence-corrected chi connectivity index (χ4v) is 3.24. The van der Waals surface area contributed by atoms with E-state index in [2.05, 4.69) is 21.7 Å². The highest BCUT2D eigenvalue weighted by Crippen LogP contribution is 2.17. The summed E-state index contributed by atoms with van der Waals surface area (Å²) in [4.78, 5) is 20.7. The van der Waals surface area contributed by atoms with Crippen molar-refractivity contribution in [1.82, 2.24) is 14.7 Å². The van der Waals surface area contributed by atoms with Gasteiger partial charge in [-0.1, -0.05) is 6.07 Å². The number of ether oxygens (including phenoxy) is 1. The van der Waals surface area contributed by atoms with Crippen LogP contribution in [0.25, 0.3) is 0 Å². The topological polar surface area (TPSA) is 39.3 Å². The lowest BCUT2D eigenvalue weighted by molar-refractivity contribution is 0.0779. The van der Waals surface area contributed by atoms with Crippen molar-refractivity contribution in [2.24, 2.45) is 0 Å². The molecule has 2 heterocycles. The number of benzene rings is 1. The van der Waals surface area contributed by atoms with Gasteiger partial charge >= 0.3 is 6.09 Å². The van der Waals surface area contributed by atoms with Gasteiger partial charge in [-0.15, -0.1) is 37.2 Å². The fourth-order valence-electron chi connectivity index (χ4n) is 3.24. The third-order valence-electron chi connectivity index (χ3n) is 4.94. The van der Waals surface area contributed by atoms with Gasteiger partial charge in [-0.2, -0.15) is 0 Å². The number of anilines is 1. The van der Waals surface area contributed by atoms with Crippen LogP contribution in [0.5, 0.6) is 0 Å². The second kappa shape index (κ2) is 13.3. The molecule has 1 amide bonds. The summed E-state index contributed by atoms with van der Waals surface area (Å²) in [6, 6.07) is 6.58. The first kappa shape index (κ1) is 27.0. The van der Waals surface area contributed by atoms with Gasteiger partial charge in [0.15, 0.2) is 0 Å². The summed E-state index contributed by atoms with van der Waals surface area (Å²) in [7, 11) is 2.13. The molecule has 1 aromatic carbocycles. The predicted octanol–water partition coefficient (Wildman–Crippen LogP) is 2.60. The lowest BCUT2D eigenvalue weighted by atomic mass is 10.2. The summed E-state index contributed by atoms with van der Waals surface area (Å²) in [5, 5.41) is 0. The van der Waals surface area contributed by atoms with Crippen molar-refractivity contribution in [3.05, 3.63) is 30.1 Å². The molecule has 0 saturated carbocycles. The van der Waals surface area contributed by atoms with Crippen LogP contribution in [0.3, 0.4) is 0 Å². The number of carbonyl (C=O) groups is 1. The Morgan fingerprint density at radius 3 is 2.25 bits per heavy atom. The molecule has 162 valence electrons. The lowest BCUT2D eigenvalue weighted by Crippen LogP contribution is -2.49. The maximum absolute atomic E-state index is 13.3. The van der Waals surface area contributed by atoms with Crippen molar-refractivity contribution in [3.8, 4) is 0 Å². The Kier molecular flexibility index (Phi) is 12.8. The van der Waals surface area contributed by atoms with E-state index < -0.39 is 0 Å². The van der Waals surface area contributed by atoms with Crippen LogP contribution >= 0.6 is 37.2 Å². The normalized spacial score (nSPS) is 17.8. The van der Waals surface area contributed by atoms with E-state index in [1.165, 1.54) is 12.1 Å². The molecule has 28 heavy (non-hydrogen) atoms. The summed E-state index contributed by atoms with van der Waals surface area (Å²) in [5.41, 5.74) is 0.864. The Morgan fingerprint density at radius 2 is 1.64 bits per heavy atom. The second-order valence-corrected chi connectivity index (χ2v) is 6.71. The van der Waals surface area contributed by atoms with E-state index in [1.54, 1.807) is 11.0 Å². The minimum Gasteiger partial charge on any atom is -0.448 e. The van der Waals surface area contributed by atoms with Crippen molar-refractivity contribution in [3.63, 3.8) is 0 Å². The molecule has 0 aliphatic carbocycles. The maximum atomic E-state index is 13.3. The van der Waals surface area contributed by atoms with Gasteiger partial charge in [-0.25, -0.2) is 9.18 Å². The number of halogens is 4. The van der Waals surface area contributed by atoms with Gasteiger partial charge in [0.1, 0.15) is 12.4 Å². The van der Waals surface area contributed by atoms with Crippen molar-refractivity contribution in [1.29, 1.82) is 0 Å². The van der Waals surface area contributed by atoms with E-state index in [-0.39, 0.29) is 49.1 Å². The van der Waals surface area contributed by atoms with Gasteiger partial charge in [0.2, 0.25) is 0 Å². The molecule has 2 saturated heterocycles. The smallest absolute Gasteiger partial charge is 0.409 e. The summed E-state index contributed by atoms with van der Waals surface area (Å²) in [6.07, 6.45) is -0.243. The summed E-state index contributed by atoms with van der Waals surface area (Å²) in [6.45, 7) is 8.00. The highest BCUT2D eigenvalue weighted by atomic mass is 35.5. The minimum absolute atomic E-state index is 0. The van der Waals surface area contributed by atoms with Crippen molar-refractivity contribution < 1.29 is 13.9 Å². The Bertz CT molecular complexity index is 584. The van der Waals surface area contributed by atoms with E-state index in [0.717, 1.165) is 38.4 Å². The monoisotopic (exact) mass is 458 g/mol. The number of rotatable bonds is 4. The van der Waals surface area contributed by atoms with Crippen LogP contribution < -0.4 is 4.90 Å². The zero-order valence-corrected chi connectivity index (χ0v) is 18.5. The van der Waals surface area contributed by atoms with E-state index in [0.29, 0.717) is 32.8 Å². The molecule has 3 rings (SSSR count). The number of amides is 1. The number of likely N-dealkylation sites (N-methyl/N-ethyl adjacent to an activating group) is 1. The van der Waals surface area contributed by atoms with E-state index >= 15 is 0 Å². The standard InChI is InChI=1S/C18H27FN4O2.3ClH/c1-20-5-7-21(8-6-20)13-14-25-18(24)23-11-9-22(10-12-23)17-4-2-3-16(19)15-17;;;/h2-4,15H,5-14H2,1H3;3*1H. The zero-order chi connectivity index (χ0) is 17.6. The molecule has 2 fully saturated rings. The molecule has 0 aromatic heterocycles. The zero-order valence-electron chi connectivity index (χ0n) is 16.1. The van der Waals surface area contributed by atoms with E-state index in [1.807, 2.05) is 6.07 Å². The summed E-state index contributed by atoms with van der Waals surface area (Å²) in [5.74, 6) is -0.233. The average Bonchev–Trinajstić information content (AvgIpc) is 2.63. The van der Waals surface area contributed by atoms with Crippen LogP contribution in [0.2, 0.25) is 0 Å². The number of carbonyl (C=O) groups excluding carboxylic acids is 1. The minimum atomic E-state index is -0.243. The van der Waals surface area contributed by atoms with Gasteiger partial charge in [0.05, 0.1) is 0 Å². The van der Waals surface area contributed by atoms with Crippen LogP contribution in [-0.2, 0) is 4.74 Å². The Balaban J connectivity index is 0.00000243. The molecule has 0 atom stereocenters. The second-order valence-electron chi connectivity index (χ2n) is 6.71. The van der Waals surface area contributed by atoms with Gasteiger partial charge in [0, 0.05) is 64.6 Å². The molecule has 0 unspecified atom stereocenters. The van der Waals surface area contributed by atoms with Crippen LogP contribution in [0, 0.1) is 5.82 Å². The Morgan fingerprint density at radius 1 is 1.00 bits per heavy atom. The number of nitrogens with zero attached hydrogens (tertiary/aromatic N) is 4. The third kappa shape index (κ3) is 7.79. The predicted molar refractivity (Wildman–Crippen MR) is 117 cm³/mol. The van der Waals surface area contributed by atoms with E-state index in [9.17, 15) is 9.18 Å². The number of hydrogen-bond acceptors (Lipinski definition) is 5. The lowest BCUT2D eigenvalue weighted by Gasteiger charge is -2.36. The summed E-state index contributed by atoms with van der Waals surface area (Å²) >= 11 is 0. The van der Waals surface area contributed by atoms with Crippen molar-refractivity contribution >= 4 is 49.0 Å². The Hall–Kier alpha value is -0.990. The van der Waals surface area contributed by atoms with Crippen molar-refractivity contribution in [2.75, 3.05) is 77.5 Å². The van der Waals surface area contributed by atoms with Crippen LogP contribution in [0.4, 0.5) is 14.9 Å². The fraction of sp³-hybridized carbons (Fsp3) is 0.611. The highest BCUT2D eigenvalue weighted by molar-refractivity contribution is 5.86. The third-order valence-corrected chi connectivity index (χ3v) is 4.94. The molecule has 10 heteroatoms. The Labute approximate surface area is 185 Å². The molecule has 6 nitrogen and oxygen atoms in total. The molecular weight excluding hydrogens is 430 g/mol. The highest BCUT2D eigenvalue weighted by Gasteiger charge is 2.23. The first-order chi connectivity index (χ1) is 12.1. The maximum Gasteiger partial charge on any atom is 0.409 e. The van der Waals surface area contributed by atoms with Gasteiger partial charge < -0.3 is 19.4 Å². The first-order valence-electron chi connectivity index (χ1n) is 8.95. The van der Waals surface area contributed by atoms with Crippen LogP contribution in [-0.4, -0.2) is 93.4 Å². The molecule has 0 bridgehead atoms. The average molecular weight is 460 g/mol. The molecule has 0 N–H and O–H groups in total. The van der Waals surface area contributed by atoms with Crippen LogP contribution in [0.1, 0.15) is 0 Å². The van der Waals surface area contributed by atoms with Crippen molar-refractivity contribution in [2.45, 2.75) is 0 Å². The van der Waals surface area contributed by atoms with Crippen LogP contribution in [0.15, 0.2) is 24.3 Å². The van der Waals surface area contributed by atoms with Gasteiger partial charge in [0.25, 0.3) is 0 Å².